The van der Waals surface area contributed by atoms with Crippen LogP contribution in [0.3, 0.4) is 0 Å². The molecule has 0 N–H and O–H groups in total. The molecule has 20 heavy (non-hydrogen) atoms. The SMILES string of the molecule is Fc1cc(F)c2nc(CCCl)n(Cc3cscn3)c2c1. The number of benzene rings is 1. The molecule has 104 valence electrons. The second kappa shape index (κ2) is 5.46. The van der Waals surface area contributed by atoms with Crippen LogP contribution in [0.2, 0.25) is 0 Å². The molecule has 2 aromatic heterocycles. The Kier molecular flexibility index (Phi) is 3.67. The number of aryl methyl sites for hydroxylation is 1. The predicted octanol–water partition coefficient (Wildman–Crippen LogP) is 3.60. The summed E-state index contributed by atoms with van der Waals surface area (Å²) in [5.74, 6) is -0.281. The first kappa shape index (κ1) is 13.5. The highest BCUT2D eigenvalue weighted by molar-refractivity contribution is 7.07. The molecule has 0 amide bonds. The molecule has 0 aliphatic heterocycles. The topological polar surface area (TPSA) is 30.7 Å². The van der Waals surface area contributed by atoms with Gasteiger partial charge in [0.2, 0.25) is 0 Å². The van der Waals surface area contributed by atoms with Crippen molar-refractivity contribution in [3.8, 4) is 0 Å². The second-order valence-electron chi connectivity index (χ2n) is 4.29. The van der Waals surface area contributed by atoms with E-state index in [1.807, 2.05) is 5.38 Å². The van der Waals surface area contributed by atoms with Gasteiger partial charge in [0, 0.05) is 23.7 Å². The first-order chi connectivity index (χ1) is 9.69. The van der Waals surface area contributed by atoms with Gasteiger partial charge in [-0.15, -0.1) is 22.9 Å². The molecular weight excluding hydrogens is 304 g/mol. The van der Waals surface area contributed by atoms with Crippen LogP contribution >= 0.6 is 22.9 Å². The molecule has 0 saturated heterocycles. The average Bonchev–Trinajstić information content (AvgIpc) is 3.01. The highest BCUT2D eigenvalue weighted by atomic mass is 35.5. The molecule has 0 unspecified atom stereocenters. The van der Waals surface area contributed by atoms with Crippen LogP contribution in [0.4, 0.5) is 8.78 Å². The number of thiazole rings is 1. The fourth-order valence-electron chi connectivity index (χ4n) is 2.13. The standard InChI is InChI=1S/C13H10ClF2N3S/c14-2-1-12-18-13-10(16)3-8(15)4-11(13)19(12)5-9-6-20-7-17-9/h3-4,6-7H,1-2,5H2. The lowest BCUT2D eigenvalue weighted by Crippen LogP contribution is -2.06. The average molecular weight is 314 g/mol. The van der Waals surface area contributed by atoms with Crippen molar-refractivity contribution in [1.82, 2.24) is 14.5 Å². The summed E-state index contributed by atoms with van der Waals surface area (Å²) < 4.78 is 29.0. The third-order valence-corrected chi connectivity index (χ3v) is 3.80. The zero-order valence-electron chi connectivity index (χ0n) is 10.3. The Hall–Kier alpha value is -1.53. The lowest BCUT2D eigenvalue weighted by molar-refractivity contribution is 0.590. The van der Waals surface area contributed by atoms with Crippen molar-refractivity contribution < 1.29 is 8.78 Å². The number of alkyl halides is 1. The van der Waals surface area contributed by atoms with Gasteiger partial charge in [-0.25, -0.2) is 18.7 Å². The van der Waals surface area contributed by atoms with E-state index in [9.17, 15) is 8.78 Å². The van der Waals surface area contributed by atoms with Gasteiger partial charge in [-0.05, 0) is 6.07 Å². The summed E-state index contributed by atoms with van der Waals surface area (Å²) in [4.78, 5) is 8.43. The highest BCUT2D eigenvalue weighted by Crippen LogP contribution is 2.22. The maximum atomic E-state index is 13.8. The fraction of sp³-hybridized carbons (Fsp3) is 0.231. The second-order valence-corrected chi connectivity index (χ2v) is 5.38. The molecule has 0 radical (unpaired) electrons. The Morgan fingerprint density at radius 3 is 2.85 bits per heavy atom. The molecule has 0 aliphatic rings. The Labute approximate surface area is 122 Å². The van der Waals surface area contributed by atoms with Crippen LogP contribution in [0.25, 0.3) is 11.0 Å². The Bertz CT molecular complexity index is 740. The number of halogens is 3. The van der Waals surface area contributed by atoms with Gasteiger partial charge in [0.25, 0.3) is 0 Å². The van der Waals surface area contributed by atoms with Crippen molar-refractivity contribution in [3.05, 3.63) is 46.2 Å². The van der Waals surface area contributed by atoms with Crippen LogP contribution in [0.15, 0.2) is 23.0 Å². The van der Waals surface area contributed by atoms with Crippen molar-refractivity contribution in [2.45, 2.75) is 13.0 Å². The number of aromatic nitrogens is 3. The van der Waals surface area contributed by atoms with Crippen LogP contribution in [-0.4, -0.2) is 20.4 Å². The van der Waals surface area contributed by atoms with Crippen molar-refractivity contribution in [2.75, 3.05) is 5.88 Å². The molecule has 3 nitrogen and oxygen atoms in total. The van der Waals surface area contributed by atoms with E-state index in [2.05, 4.69) is 9.97 Å². The minimum absolute atomic E-state index is 0.168. The van der Waals surface area contributed by atoms with Crippen LogP contribution in [0.5, 0.6) is 0 Å². The van der Waals surface area contributed by atoms with E-state index in [1.54, 1.807) is 10.1 Å². The molecule has 0 aliphatic carbocycles. The normalized spacial score (nSPS) is 11.3. The van der Waals surface area contributed by atoms with E-state index in [1.165, 1.54) is 17.4 Å². The zero-order chi connectivity index (χ0) is 14.1. The van der Waals surface area contributed by atoms with Gasteiger partial charge in [0.05, 0.1) is 23.3 Å². The minimum atomic E-state index is -0.659. The van der Waals surface area contributed by atoms with Gasteiger partial charge in [-0.2, -0.15) is 0 Å². The molecule has 2 heterocycles. The molecule has 3 aromatic rings. The van der Waals surface area contributed by atoms with Gasteiger partial charge in [0.15, 0.2) is 5.82 Å². The Morgan fingerprint density at radius 1 is 1.30 bits per heavy atom. The lowest BCUT2D eigenvalue weighted by atomic mass is 10.3. The van der Waals surface area contributed by atoms with E-state index < -0.39 is 11.6 Å². The smallest absolute Gasteiger partial charge is 0.153 e. The summed E-state index contributed by atoms with van der Waals surface area (Å²) in [6, 6.07) is 2.13. The Morgan fingerprint density at radius 2 is 2.15 bits per heavy atom. The van der Waals surface area contributed by atoms with E-state index >= 15 is 0 Å². The van der Waals surface area contributed by atoms with Crippen molar-refractivity contribution in [2.24, 2.45) is 0 Å². The molecular formula is C13H10ClF2N3S. The lowest BCUT2D eigenvalue weighted by Gasteiger charge is -2.06. The number of hydrogen-bond acceptors (Lipinski definition) is 3. The fourth-order valence-corrected chi connectivity index (χ4v) is 2.85. The summed E-state index contributed by atoms with van der Waals surface area (Å²) in [5, 5.41) is 1.89. The maximum absolute atomic E-state index is 13.8. The molecule has 0 fully saturated rings. The first-order valence-corrected chi connectivity index (χ1v) is 7.44. The van der Waals surface area contributed by atoms with Crippen molar-refractivity contribution >= 4 is 34.0 Å². The number of nitrogens with zero attached hydrogens (tertiary/aromatic N) is 3. The Balaban J connectivity index is 2.17. The summed E-state index contributed by atoms with van der Waals surface area (Å²) in [7, 11) is 0. The van der Waals surface area contributed by atoms with Crippen LogP contribution in [-0.2, 0) is 13.0 Å². The van der Waals surface area contributed by atoms with Gasteiger partial charge in [-0.1, -0.05) is 0 Å². The van der Waals surface area contributed by atoms with Crippen LogP contribution < -0.4 is 0 Å². The number of imidazole rings is 1. The number of hydrogen-bond donors (Lipinski definition) is 0. The monoisotopic (exact) mass is 313 g/mol. The molecule has 0 spiro atoms. The van der Waals surface area contributed by atoms with Crippen LogP contribution in [0, 0.1) is 11.6 Å². The summed E-state index contributed by atoms with van der Waals surface area (Å²) >= 11 is 7.23. The molecule has 0 saturated carbocycles. The van der Waals surface area contributed by atoms with Gasteiger partial charge in [-0.3, -0.25) is 0 Å². The third-order valence-electron chi connectivity index (χ3n) is 2.97. The van der Waals surface area contributed by atoms with E-state index in [4.69, 9.17) is 11.6 Å². The van der Waals surface area contributed by atoms with E-state index in [0.717, 1.165) is 11.8 Å². The molecule has 0 atom stereocenters. The quantitative estimate of drug-likeness (QED) is 0.689. The van der Waals surface area contributed by atoms with Crippen molar-refractivity contribution in [1.29, 1.82) is 0 Å². The summed E-state index contributed by atoms with van der Waals surface area (Å²) in [5.41, 5.74) is 3.14. The third kappa shape index (κ3) is 2.41. The van der Waals surface area contributed by atoms with Gasteiger partial charge < -0.3 is 4.57 Å². The predicted molar refractivity (Wildman–Crippen MR) is 75.3 cm³/mol. The molecule has 7 heteroatoms. The number of rotatable bonds is 4. The minimum Gasteiger partial charge on any atom is -0.322 e. The zero-order valence-corrected chi connectivity index (χ0v) is 11.9. The van der Waals surface area contributed by atoms with Crippen LogP contribution in [0.1, 0.15) is 11.5 Å². The van der Waals surface area contributed by atoms with Crippen molar-refractivity contribution in [3.63, 3.8) is 0 Å². The van der Waals surface area contributed by atoms with Gasteiger partial charge in [0.1, 0.15) is 17.2 Å². The van der Waals surface area contributed by atoms with E-state index in [0.29, 0.717) is 30.2 Å². The number of fused-ring (bicyclic) bond motifs is 1. The molecule has 0 bridgehead atoms. The highest BCUT2D eigenvalue weighted by Gasteiger charge is 2.16. The maximum Gasteiger partial charge on any atom is 0.153 e. The summed E-state index contributed by atoms with van der Waals surface area (Å²) in [6.45, 7) is 0.426. The largest absolute Gasteiger partial charge is 0.322 e. The summed E-state index contributed by atoms with van der Waals surface area (Å²) in [6.07, 6.45) is 0.488. The van der Waals surface area contributed by atoms with Gasteiger partial charge >= 0.3 is 0 Å². The molecule has 3 rings (SSSR count). The first-order valence-electron chi connectivity index (χ1n) is 5.96. The van der Waals surface area contributed by atoms with E-state index in [-0.39, 0.29) is 5.52 Å². The molecule has 1 aromatic carbocycles.